The summed E-state index contributed by atoms with van der Waals surface area (Å²) in [6, 6.07) is 0. The van der Waals surface area contributed by atoms with E-state index >= 15 is 0 Å². The zero-order chi connectivity index (χ0) is 13.0. The second kappa shape index (κ2) is 3.92. The minimum Gasteiger partial charge on any atom is -0.381 e. The van der Waals surface area contributed by atoms with E-state index in [0.717, 1.165) is 12.8 Å². The average Bonchev–Trinajstić information content (AvgIpc) is 2.69. The number of hydrogen-bond donors (Lipinski definition) is 0. The zero-order valence-corrected chi connectivity index (χ0v) is 11.5. The van der Waals surface area contributed by atoms with Crippen molar-refractivity contribution in [1.82, 2.24) is 0 Å². The van der Waals surface area contributed by atoms with Crippen LogP contribution in [0.2, 0.25) is 0 Å². The van der Waals surface area contributed by atoms with Crippen molar-refractivity contribution in [3.63, 3.8) is 0 Å². The van der Waals surface area contributed by atoms with Crippen LogP contribution in [0.25, 0.3) is 0 Å². The summed E-state index contributed by atoms with van der Waals surface area (Å²) < 4.78 is 18.0. The molecular formula is C14H23O4. The van der Waals surface area contributed by atoms with Crippen LogP contribution >= 0.6 is 0 Å². The molecule has 1 aliphatic carbocycles. The Morgan fingerprint density at radius 3 is 2.39 bits per heavy atom. The van der Waals surface area contributed by atoms with E-state index in [9.17, 15) is 5.11 Å². The van der Waals surface area contributed by atoms with E-state index in [2.05, 4.69) is 20.8 Å². The van der Waals surface area contributed by atoms with Gasteiger partial charge in [0, 0.05) is 25.7 Å². The molecule has 1 saturated carbocycles. The molecule has 3 fully saturated rings. The first-order chi connectivity index (χ1) is 8.37. The average molecular weight is 255 g/mol. The standard InChI is InChI=1S/C14H23O4/c1-12(2,3)14-9-10(15)8-11(14)17-13(18-14)4-6-16-7-5-13/h10-11H,4-9H2,1-3H3/t10-,11-,14-/m0/s1. The minimum atomic E-state index is -0.550. The lowest BCUT2D eigenvalue weighted by Gasteiger charge is -2.42. The van der Waals surface area contributed by atoms with E-state index in [1.807, 2.05) is 0 Å². The highest BCUT2D eigenvalue weighted by molar-refractivity contribution is 5.11. The number of rotatable bonds is 0. The molecule has 18 heavy (non-hydrogen) atoms. The maximum Gasteiger partial charge on any atom is 0.174 e. The van der Waals surface area contributed by atoms with Crippen molar-refractivity contribution in [2.75, 3.05) is 13.2 Å². The molecule has 3 atom stereocenters. The molecule has 2 saturated heterocycles. The molecule has 0 aromatic heterocycles. The maximum absolute atomic E-state index is 11.9. The Hall–Kier alpha value is -0.160. The second-order valence-corrected chi connectivity index (χ2v) is 6.93. The third-order valence-corrected chi connectivity index (χ3v) is 4.78. The first-order valence-corrected chi connectivity index (χ1v) is 6.99. The fraction of sp³-hybridized carbons (Fsp3) is 1.00. The van der Waals surface area contributed by atoms with E-state index < -0.39 is 17.5 Å². The molecule has 1 radical (unpaired) electrons. The summed E-state index contributed by atoms with van der Waals surface area (Å²) in [6.07, 6.45) is 2.13. The normalized spacial score (nSPS) is 43.3. The lowest BCUT2D eigenvalue weighted by molar-refractivity contribution is -0.247. The third kappa shape index (κ3) is 1.73. The summed E-state index contributed by atoms with van der Waals surface area (Å²) >= 11 is 0. The van der Waals surface area contributed by atoms with E-state index in [0.29, 0.717) is 26.1 Å². The van der Waals surface area contributed by atoms with Gasteiger partial charge in [-0.15, -0.1) is 0 Å². The molecule has 103 valence electrons. The molecule has 0 aromatic rings. The topological polar surface area (TPSA) is 47.6 Å². The molecule has 1 spiro atoms. The third-order valence-electron chi connectivity index (χ3n) is 4.78. The monoisotopic (exact) mass is 255 g/mol. The summed E-state index contributed by atoms with van der Waals surface area (Å²) in [6.45, 7) is 7.83. The Labute approximate surface area is 109 Å². The van der Waals surface area contributed by atoms with Crippen molar-refractivity contribution in [1.29, 1.82) is 0 Å². The summed E-state index contributed by atoms with van der Waals surface area (Å²) in [7, 11) is 0. The number of fused-ring (bicyclic) bond motifs is 1. The molecule has 3 aliphatic rings. The summed E-state index contributed by atoms with van der Waals surface area (Å²) in [5.41, 5.74) is -0.477. The molecule has 3 rings (SSSR count). The van der Waals surface area contributed by atoms with Crippen molar-refractivity contribution >= 4 is 0 Å². The van der Waals surface area contributed by atoms with Crippen molar-refractivity contribution in [3.8, 4) is 0 Å². The van der Waals surface area contributed by atoms with Crippen LogP contribution in [0.3, 0.4) is 0 Å². The highest BCUT2D eigenvalue weighted by Gasteiger charge is 2.65. The Morgan fingerprint density at radius 2 is 1.83 bits per heavy atom. The SMILES string of the molecule is CC(C)(C)[C@]12C[C@@H]([O])C[C@@H]1OC1(CCOCC1)O2. The van der Waals surface area contributed by atoms with Crippen LogP contribution in [0.4, 0.5) is 0 Å². The van der Waals surface area contributed by atoms with Gasteiger partial charge in [0.05, 0.1) is 25.4 Å². The molecule has 0 amide bonds. The lowest BCUT2D eigenvalue weighted by atomic mass is 9.74. The molecule has 0 bridgehead atoms. The van der Waals surface area contributed by atoms with E-state index in [1.54, 1.807) is 0 Å². The highest BCUT2D eigenvalue weighted by Crippen LogP contribution is 2.57. The Kier molecular flexibility index (Phi) is 2.80. The molecule has 2 heterocycles. The zero-order valence-electron chi connectivity index (χ0n) is 11.5. The van der Waals surface area contributed by atoms with Gasteiger partial charge in [-0.3, -0.25) is 0 Å². The van der Waals surface area contributed by atoms with E-state index in [4.69, 9.17) is 14.2 Å². The predicted molar refractivity (Wildman–Crippen MR) is 64.6 cm³/mol. The van der Waals surface area contributed by atoms with Gasteiger partial charge in [0.2, 0.25) is 0 Å². The smallest absolute Gasteiger partial charge is 0.174 e. The van der Waals surface area contributed by atoms with Gasteiger partial charge in [0.15, 0.2) is 5.79 Å². The molecule has 0 aromatic carbocycles. The lowest BCUT2D eigenvalue weighted by Crippen LogP contribution is -2.49. The first-order valence-electron chi connectivity index (χ1n) is 6.99. The van der Waals surface area contributed by atoms with Crippen molar-refractivity contribution in [2.24, 2.45) is 5.41 Å². The van der Waals surface area contributed by atoms with Crippen LogP contribution in [-0.4, -0.2) is 36.8 Å². The molecular weight excluding hydrogens is 232 g/mol. The fourth-order valence-electron chi connectivity index (χ4n) is 3.69. The summed E-state index contributed by atoms with van der Waals surface area (Å²) in [4.78, 5) is 0. The van der Waals surface area contributed by atoms with Crippen LogP contribution in [0.15, 0.2) is 0 Å². The molecule has 0 N–H and O–H groups in total. The fourth-order valence-corrected chi connectivity index (χ4v) is 3.69. The van der Waals surface area contributed by atoms with Gasteiger partial charge in [-0.05, 0) is 5.41 Å². The minimum absolute atomic E-state index is 0.0434. The summed E-state index contributed by atoms with van der Waals surface area (Å²) in [5.74, 6) is -0.490. The number of hydrogen-bond acceptors (Lipinski definition) is 3. The number of ether oxygens (including phenoxy) is 3. The van der Waals surface area contributed by atoms with E-state index in [1.165, 1.54) is 0 Å². The van der Waals surface area contributed by atoms with Crippen LogP contribution in [0, 0.1) is 5.41 Å². The molecule has 4 heteroatoms. The van der Waals surface area contributed by atoms with Crippen LogP contribution in [0.1, 0.15) is 46.5 Å². The van der Waals surface area contributed by atoms with E-state index in [-0.39, 0.29) is 11.5 Å². The van der Waals surface area contributed by atoms with Gasteiger partial charge in [0.25, 0.3) is 0 Å². The van der Waals surface area contributed by atoms with Gasteiger partial charge in [-0.2, -0.15) is 0 Å². The Morgan fingerprint density at radius 1 is 1.17 bits per heavy atom. The maximum atomic E-state index is 11.9. The van der Waals surface area contributed by atoms with Gasteiger partial charge in [0.1, 0.15) is 5.60 Å². The van der Waals surface area contributed by atoms with Gasteiger partial charge < -0.3 is 14.2 Å². The van der Waals surface area contributed by atoms with Gasteiger partial charge in [-0.25, -0.2) is 5.11 Å². The van der Waals surface area contributed by atoms with Crippen molar-refractivity contribution in [3.05, 3.63) is 0 Å². The Bertz CT molecular complexity index is 329. The molecule has 2 aliphatic heterocycles. The largest absolute Gasteiger partial charge is 0.381 e. The van der Waals surface area contributed by atoms with Gasteiger partial charge in [-0.1, -0.05) is 20.8 Å². The van der Waals surface area contributed by atoms with Crippen LogP contribution in [-0.2, 0) is 19.3 Å². The summed E-state index contributed by atoms with van der Waals surface area (Å²) in [5, 5.41) is 11.9. The van der Waals surface area contributed by atoms with Crippen molar-refractivity contribution in [2.45, 2.75) is 70.1 Å². The molecule has 4 nitrogen and oxygen atoms in total. The highest BCUT2D eigenvalue weighted by atomic mass is 16.8. The van der Waals surface area contributed by atoms with Gasteiger partial charge >= 0.3 is 0 Å². The van der Waals surface area contributed by atoms with Crippen LogP contribution < -0.4 is 0 Å². The Balaban J connectivity index is 1.90. The first kappa shape index (κ1) is 12.9. The molecule has 0 unspecified atom stereocenters. The second-order valence-electron chi connectivity index (χ2n) is 6.93. The predicted octanol–water partition coefficient (Wildman–Crippen LogP) is 2.29. The van der Waals surface area contributed by atoms with Crippen LogP contribution in [0.5, 0.6) is 0 Å². The van der Waals surface area contributed by atoms with Crippen molar-refractivity contribution < 1.29 is 19.3 Å². The quantitative estimate of drug-likeness (QED) is 0.667.